The van der Waals surface area contributed by atoms with E-state index in [1.54, 1.807) is 30.0 Å². The first-order chi connectivity index (χ1) is 15.0. The topological polar surface area (TPSA) is 49.4 Å². The van der Waals surface area contributed by atoms with Gasteiger partial charge in [0, 0.05) is 29.6 Å². The quantitative estimate of drug-likeness (QED) is 0.468. The van der Waals surface area contributed by atoms with Gasteiger partial charge in [0.1, 0.15) is 6.04 Å². The summed E-state index contributed by atoms with van der Waals surface area (Å²) in [5, 5.41) is 4.16. The van der Waals surface area contributed by atoms with E-state index in [1.807, 2.05) is 60.7 Å². The van der Waals surface area contributed by atoms with Gasteiger partial charge in [-0.1, -0.05) is 90.8 Å². The van der Waals surface area contributed by atoms with E-state index in [-0.39, 0.29) is 24.8 Å². The number of hydrogen-bond donors (Lipinski definition) is 1. The summed E-state index contributed by atoms with van der Waals surface area (Å²) >= 11 is 12.2. The Balaban J connectivity index is 1.91. The van der Waals surface area contributed by atoms with Gasteiger partial charge in [-0.25, -0.2) is 0 Å². The van der Waals surface area contributed by atoms with Crippen molar-refractivity contribution in [2.75, 3.05) is 0 Å². The number of hydrogen-bond acceptors (Lipinski definition) is 2. The van der Waals surface area contributed by atoms with Crippen LogP contribution in [0.2, 0.25) is 10.0 Å². The Bertz CT molecular complexity index is 1020. The van der Waals surface area contributed by atoms with Crippen LogP contribution < -0.4 is 5.32 Å². The van der Waals surface area contributed by atoms with Crippen molar-refractivity contribution in [2.24, 2.45) is 0 Å². The summed E-state index contributed by atoms with van der Waals surface area (Å²) in [6.45, 7) is 2.36. The van der Waals surface area contributed by atoms with Crippen LogP contribution in [-0.4, -0.2) is 16.7 Å². The molecule has 3 aromatic carbocycles. The average molecular weight is 455 g/mol. The maximum absolute atomic E-state index is 13.4. The van der Waals surface area contributed by atoms with Crippen molar-refractivity contribution in [3.05, 3.63) is 106 Å². The predicted octanol–water partition coefficient (Wildman–Crippen LogP) is 5.79. The lowest BCUT2D eigenvalue weighted by atomic mass is 10.0. The van der Waals surface area contributed by atoms with Crippen LogP contribution in [0.3, 0.4) is 0 Å². The number of carbonyl (C=O) groups is 2. The van der Waals surface area contributed by atoms with Crippen LogP contribution >= 0.6 is 23.2 Å². The van der Waals surface area contributed by atoms with Gasteiger partial charge in [0.15, 0.2) is 0 Å². The van der Waals surface area contributed by atoms with E-state index >= 15 is 0 Å². The van der Waals surface area contributed by atoms with E-state index in [0.29, 0.717) is 16.6 Å². The highest BCUT2D eigenvalue weighted by Gasteiger charge is 2.30. The molecule has 0 fully saturated rings. The molecule has 0 spiro atoms. The zero-order chi connectivity index (χ0) is 22.2. The minimum Gasteiger partial charge on any atom is -0.350 e. The molecule has 1 N–H and O–H groups in total. The van der Waals surface area contributed by atoms with Crippen LogP contribution in [0.1, 0.15) is 36.1 Å². The standard InChI is InChI=1S/C25H24Cl2N2O2/c1-2-23(30)29(17-18-12-14-21(26)15-13-18)24(19-8-4-3-5-9-19)25(31)28-16-20-10-6-7-11-22(20)27/h3-15,24H,2,16-17H2,1H3,(H,28,31)/t24-/m1/s1. The minimum absolute atomic E-state index is 0.114. The Morgan fingerprint density at radius 1 is 0.903 bits per heavy atom. The van der Waals surface area contributed by atoms with Crippen LogP contribution in [0.25, 0.3) is 0 Å². The zero-order valence-electron chi connectivity index (χ0n) is 17.2. The van der Waals surface area contributed by atoms with Crippen molar-refractivity contribution in [1.82, 2.24) is 10.2 Å². The van der Waals surface area contributed by atoms with Gasteiger partial charge < -0.3 is 10.2 Å². The van der Waals surface area contributed by atoms with Crippen molar-refractivity contribution in [3.63, 3.8) is 0 Å². The second kappa shape index (κ2) is 11.0. The van der Waals surface area contributed by atoms with E-state index in [4.69, 9.17) is 23.2 Å². The molecule has 0 saturated carbocycles. The molecule has 0 aromatic heterocycles. The number of nitrogens with one attached hydrogen (secondary N) is 1. The number of nitrogens with zero attached hydrogens (tertiary/aromatic N) is 1. The van der Waals surface area contributed by atoms with E-state index in [1.165, 1.54) is 0 Å². The van der Waals surface area contributed by atoms with Gasteiger partial charge in [-0.2, -0.15) is 0 Å². The Hall–Kier alpha value is -2.82. The minimum atomic E-state index is -0.771. The number of carbonyl (C=O) groups excluding carboxylic acids is 2. The fourth-order valence-corrected chi connectivity index (χ4v) is 3.67. The number of benzene rings is 3. The van der Waals surface area contributed by atoms with Crippen molar-refractivity contribution >= 4 is 35.0 Å². The molecule has 0 aliphatic heterocycles. The van der Waals surface area contributed by atoms with E-state index in [2.05, 4.69) is 5.32 Å². The Labute approximate surface area is 192 Å². The van der Waals surface area contributed by atoms with Gasteiger partial charge >= 0.3 is 0 Å². The Kier molecular flexibility index (Phi) is 8.10. The van der Waals surface area contributed by atoms with Crippen molar-refractivity contribution < 1.29 is 9.59 Å². The lowest BCUT2D eigenvalue weighted by Gasteiger charge is -2.31. The maximum atomic E-state index is 13.4. The SMILES string of the molecule is CCC(=O)N(Cc1ccc(Cl)cc1)[C@@H](C(=O)NCc1ccccc1Cl)c1ccccc1. The molecule has 0 saturated heterocycles. The summed E-state index contributed by atoms with van der Waals surface area (Å²) < 4.78 is 0. The molecule has 4 nitrogen and oxygen atoms in total. The fourth-order valence-electron chi connectivity index (χ4n) is 3.34. The van der Waals surface area contributed by atoms with Crippen molar-refractivity contribution in [2.45, 2.75) is 32.5 Å². The van der Waals surface area contributed by atoms with Gasteiger partial charge in [-0.05, 0) is 34.9 Å². The summed E-state index contributed by atoms with van der Waals surface area (Å²) in [6.07, 6.45) is 0.286. The van der Waals surface area contributed by atoms with Crippen LogP contribution in [0.4, 0.5) is 0 Å². The lowest BCUT2D eigenvalue weighted by molar-refractivity contribution is -0.141. The van der Waals surface area contributed by atoms with Crippen molar-refractivity contribution in [1.29, 1.82) is 0 Å². The number of halogens is 2. The summed E-state index contributed by atoms with van der Waals surface area (Å²) in [7, 11) is 0. The monoisotopic (exact) mass is 454 g/mol. The summed E-state index contributed by atoms with van der Waals surface area (Å²) in [5.74, 6) is -0.376. The van der Waals surface area contributed by atoms with E-state index < -0.39 is 6.04 Å². The molecule has 3 aromatic rings. The van der Waals surface area contributed by atoms with Gasteiger partial charge in [0.25, 0.3) is 0 Å². The molecular formula is C25H24Cl2N2O2. The first-order valence-electron chi connectivity index (χ1n) is 10.1. The second-order valence-corrected chi connectivity index (χ2v) is 7.97. The lowest BCUT2D eigenvalue weighted by Crippen LogP contribution is -2.43. The molecule has 0 heterocycles. The molecule has 0 unspecified atom stereocenters. The molecule has 1 atom stereocenters. The third-order valence-electron chi connectivity index (χ3n) is 4.98. The Morgan fingerprint density at radius 3 is 2.19 bits per heavy atom. The average Bonchev–Trinajstić information content (AvgIpc) is 2.79. The van der Waals surface area contributed by atoms with Gasteiger partial charge in [0.2, 0.25) is 11.8 Å². The smallest absolute Gasteiger partial charge is 0.247 e. The van der Waals surface area contributed by atoms with Crippen molar-refractivity contribution in [3.8, 4) is 0 Å². The predicted molar refractivity (Wildman–Crippen MR) is 125 cm³/mol. The second-order valence-electron chi connectivity index (χ2n) is 7.12. The molecule has 0 bridgehead atoms. The molecule has 6 heteroatoms. The van der Waals surface area contributed by atoms with Crippen LogP contribution in [-0.2, 0) is 22.7 Å². The van der Waals surface area contributed by atoms with Crippen LogP contribution in [0, 0.1) is 0 Å². The third kappa shape index (κ3) is 6.09. The summed E-state index contributed by atoms with van der Waals surface area (Å²) in [6, 6.07) is 23.2. The largest absolute Gasteiger partial charge is 0.350 e. The molecule has 31 heavy (non-hydrogen) atoms. The van der Waals surface area contributed by atoms with Crippen LogP contribution in [0.15, 0.2) is 78.9 Å². The highest BCUT2D eigenvalue weighted by molar-refractivity contribution is 6.31. The molecule has 2 amide bonds. The van der Waals surface area contributed by atoms with E-state index in [0.717, 1.165) is 16.7 Å². The zero-order valence-corrected chi connectivity index (χ0v) is 18.7. The highest BCUT2D eigenvalue weighted by atomic mass is 35.5. The molecule has 0 aliphatic rings. The molecular weight excluding hydrogens is 431 g/mol. The Morgan fingerprint density at radius 2 is 1.55 bits per heavy atom. The number of amides is 2. The summed E-state index contributed by atoms with van der Waals surface area (Å²) in [4.78, 5) is 27.9. The van der Waals surface area contributed by atoms with Gasteiger partial charge in [-0.3, -0.25) is 9.59 Å². The molecule has 160 valence electrons. The third-order valence-corrected chi connectivity index (χ3v) is 5.60. The first-order valence-corrected chi connectivity index (χ1v) is 10.8. The van der Waals surface area contributed by atoms with Crippen LogP contribution in [0.5, 0.6) is 0 Å². The normalized spacial score (nSPS) is 11.6. The molecule has 0 radical (unpaired) electrons. The summed E-state index contributed by atoms with van der Waals surface area (Å²) in [5.41, 5.74) is 2.45. The molecule has 3 rings (SSSR count). The van der Waals surface area contributed by atoms with E-state index in [9.17, 15) is 9.59 Å². The maximum Gasteiger partial charge on any atom is 0.247 e. The molecule has 0 aliphatic carbocycles. The number of rotatable bonds is 8. The highest BCUT2D eigenvalue weighted by Crippen LogP contribution is 2.25. The fraction of sp³-hybridized carbons (Fsp3) is 0.200. The first kappa shape index (κ1) is 22.9. The van der Waals surface area contributed by atoms with Gasteiger partial charge in [-0.15, -0.1) is 0 Å². The van der Waals surface area contributed by atoms with Gasteiger partial charge in [0.05, 0.1) is 0 Å².